The minimum Gasteiger partial charge on any atom is -0.308 e. The van der Waals surface area contributed by atoms with Gasteiger partial charge in [0, 0.05) is 4.90 Å². The Hall–Kier alpha value is -2.59. The van der Waals surface area contributed by atoms with Crippen molar-refractivity contribution in [3.05, 3.63) is 124 Å². The lowest BCUT2D eigenvalue weighted by Crippen LogP contribution is -2.33. The van der Waals surface area contributed by atoms with E-state index >= 15 is 0 Å². The van der Waals surface area contributed by atoms with Crippen LogP contribution >= 0.6 is 11.9 Å². The van der Waals surface area contributed by atoms with Crippen LogP contribution < -0.4 is 10.0 Å². The second-order valence-corrected chi connectivity index (χ2v) is 12.9. The second-order valence-electron chi connectivity index (χ2n) is 12.1. The summed E-state index contributed by atoms with van der Waals surface area (Å²) < 4.78 is 4.02. The molecule has 0 saturated carbocycles. The number of hydrogen-bond donors (Lipinski definition) is 2. The summed E-state index contributed by atoms with van der Waals surface area (Å²) in [4.78, 5) is 1.39. The summed E-state index contributed by atoms with van der Waals surface area (Å²) in [6.45, 7) is 19.2. The molecule has 0 aliphatic rings. The fourth-order valence-corrected chi connectivity index (χ4v) is 6.82. The Morgan fingerprint density at radius 2 is 1.31 bits per heavy atom. The lowest BCUT2D eigenvalue weighted by Gasteiger charge is -2.31. The molecule has 0 spiro atoms. The zero-order valence-electron chi connectivity index (χ0n) is 27.3. The van der Waals surface area contributed by atoms with Crippen LogP contribution in [0.2, 0.25) is 0 Å². The van der Waals surface area contributed by atoms with Crippen LogP contribution in [0.1, 0.15) is 132 Å². The summed E-state index contributed by atoms with van der Waals surface area (Å²) in [6, 6.07) is 27.1. The van der Waals surface area contributed by atoms with Gasteiger partial charge < -0.3 is 5.32 Å². The molecule has 3 atom stereocenters. The molecule has 0 aromatic heterocycles. The Kier molecular flexibility index (Phi) is 14.1. The molecule has 2 N–H and O–H groups in total. The van der Waals surface area contributed by atoms with Gasteiger partial charge in [-0.25, -0.2) is 0 Å². The van der Waals surface area contributed by atoms with E-state index in [9.17, 15) is 0 Å². The molecule has 0 radical (unpaired) electrons. The highest BCUT2D eigenvalue weighted by Gasteiger charge is 2.26. The van der Waals surface area contributed by atoms with E-state index in [0.717, 1.165) is 25.8 Å². The smallest absolute Gasteiger partial charge is 0.0619 e. The highest BCUT2D eigenvalue weighted by atomic mass is 32.2. The number of nitrogens with one attached hydrogen (secondary N) is 2. The first-order valence-electron chi connectivity index (χ1n) is 16.0. The summed E-state index contributed by atoms with van der Waals surface area (Å²) in [5.74, 6) is 1.46. The van der Waals surface area contributed by atoms with Crippen LogP contribution in [-0.4, -0.2) is 6.54 Å². The van der Waals surface area contributed by atoms with Gasteiger partial charge in [0.15, 0.2) is 0 Å². The van der Waals surface area contributed by atoms with Gasteiger partial charge in [0.05, 0.1) is 12.1 Å². The van der Waals surface area contributed by atoms with Gasteiger partial charge in [-0.05, 0) is 97.2 Å². The van der Waals surface area contributed by atoms with Crippen molar-refractivity contribution in [1.82, 2.24) is 10.0 Å². The van der Waals surface area contributed by atoms with E-state index < -0.39 is 0 Å². The van der Waals surface area contributed by atoms with E-state index in [1.54, 1.807) is 0 Å². The third kappa shape index (κ3) is 9.46. The van der Waals surface area contributed by atoms with Gasteiger partial charge in [0.25, 0.3) is 0 Å². The second kappa shape index (κ2) is 17.5. The van der Waals surface area contributed by atoms with E-state index in [1.807, 2.05) is 11.9 Å². The molecule has 3 aromatic carbocycles. The van der Waals surface area contributed by atoms with E-state index in [4.69, 9.17) is 0 Å². The third-order valence-electron chi connectivity index (χ3n) is 8.29. The van der Waals surface area contributed by atoms with Gasteiger partial charge >= 0.3 is 0 Å². The molecular weight excluding hydrogens is 529 g/mol. The normalized spacial score (nSPS) is 14.6. The maximum absolute atomic E-state index is 4.02. The van der Waals surface area contributed by atoms with Gasteiger partial charge in [-0.15, -0.1) is 0 Å². The zero-order valence-corrected chi connectivity index (χ0v) is 28.1. The molecule has 226 valence electrons. The summed E-state index contributed by atoms with van der Waals surface area (Å²) in [7, 11) is 0. The monoisotopic (exact) mass is 582 g/mol. The topological polar surface area (TPSA) is 24.1 Å². The lowest BCUT2D eigenvalue weighted by molar-refractivity contribution is 0.432. The summed E-state index contributed by atoms with van der Waals surface area (Å²) in [6.07, 6.45) is 9.91. The first kappa shape index (κ1) is 33.9. The number of hydrogen-bond acceptors (Lipinski definition) is 3. The molecule has 3 rings (SSSR count). The molecule has 0 aliphatic carbocycles. The fraction of sp³-hybridized carbons (Fsp3) is 0.436. The Morgan fingerprint density at radius 1 is 0.762 bits per heavy atom. The molecule has 1 unspecified atom stereocenters. The van der Waals surface area contributed by atoms with E-state index in [0.29, 0.717) is 17.8 Å². The standard InChI is InChI=1S/C39H54N2S/c1-9-19-31(11-3)20-18-25-40-37(32-21-14-12-15-22-32)38(33-23-16-13-17-24-33)41-42-39-35(28(4)5)26-34(30(8)10-2)27-36(39)29(6)7/h9,11-17,19,21-24,26-30,37-38,40-41H,10,18,20,25H2,1-8H3/b19-9-,31-11+/t30?,37-,38-/m0/s1. The largest absolute Gasteiger partial charge is 0.308 e. The summed E-state index contributed by atoms with van der Waals surface area (Å²) in [5.41, 5.74) is 8.37. The zero-order chi connectivity index (χ0) is 30.5. The van der Waals surface area contributed by atoms with Crippen molar-refractivity contribution in [3.63, 3.8) is 0 Å². The summed E-state index contributed by atoms with van der Waals surface area (Å²) >= 11 is 1.83. The van der Waals surface area contributed by atoms with Gasteiger partial charge in [0.1, 0.15) is 0 Å². The predicted octanol–water partition coefficient (Wildman–Crippen LogP) is 11.4. The van der Waals surface area contributed by atoms with Crippen LogP contribution in [0.3, 0.4) is 0 Å². The van der Waals surface area contributed by atoms with E-state index in [-0.39, 0.29) is 12.1 Å². The molecule has 0 bridgehead atoms. The van der Waals surface area contributed by atoms with E-state index in [1.165, 1.54) is 38.3 Å². The van der Waals surface area contributed by atoms with Gasteiger partial charge in [0.2, 0.25) is 0 Å². The highest BCUT2D eigenvalue weighted by molar-refractivity contribution is 7.97. The first-order valence-corrected chi connectivity index (χ1v) is 16.8. The Bertz CT molecular complexity index is 1230. The number of allylic oxidation sites excluding steroid dienone is 4. The van der Waals surface area contributed by atoms with Gasteiger partial charge in [-0.2, -0.15) is 0 Å². The quantitative estimate of drug-likeness (QED) is 0.0998. The van der Waals surface area contributed by atoms with Crippen molar-refractivity contribution in [3.8, 4) is 0 Å². The van der Waals surface area contributed by atoms with Gasteiger partial charge in [-0.3, -0.25) is 4.72 Å². The van der Waals surface area contributed by atoms with Crippen molar-refractivity contribution >= 4 is 11.9 Å². The van der Waals surface area contributed by atoms with Crippen molar-refractivity contribution in [1.29, 1.82) is 0 Å². The SMILES string of the molecule is C/C=C\C(=C/C)CCCN[C@@H](c1ccccc1)[C@@H](NSc1c(C(C)C)cc(C(C)CC)cc1C(C)C)c1ccccc1. The first-order chi connectivity index (χ1) is 20.3. The molecule has 0 saturated heterocycles. The van der Waals surface area contributed by atoms with Crippen LogP contribution in [0.4, 0.5) is 0 Å². The Balaban J connectivity index is 1.99. The number of benzene rings is 3. The predicted molar refractivity (Wildman–Crippen MR) is 186 cm³/mol. The Labute approximate surface area is 261 Å². The molecule has 3 aromatic rings. The molecule has 0 aliphatic heterocycles. The number of rotatable bonds is 16. The molecule has 0 heterocycles. The maximum Gasteiger partial charge on any atom is 0.0619 e. The average Bonchev–Trinajstić information content (AvgIpc) is 3.01. The van der Waals surface area contributed by atoms with Gasteiger partial charge in [-0.1, -0.05) is 138 Å². The third-order valence-corrected chi connectivity index (χ3v) is 9.34. The van der Waals surface area contributed by atoms with Crippen LogP contribution in [0, 0.1) is 0 Å². The molecule has 0 fully saturated rings. The average molecular weight is 583 g/mol. The van der Waals surface area contributed by atoms with Crippen LogP contribution in [-0.2, 0) is 0 Å². The van der Waals surface area contributed by atoms with Crippen LogP contribution in [0.5, 0.6) is 0 Å². The highest BCUT2D eigenvalue weighted by Crippen LogP contribution is 2.40. The van der Waals surface area contributed by atoms with E-state index in [2.05, 4.69) is 156 Å². The van der Waals surface area contributed by atoms with Crippen molar-refractivity contribution < 1.29 is 0 Å². The lowest BCUT2D eigenvalue weighted by atomic mass is 9.88. The van der Waals surface area contributed by atoms with Crippen LogP contribution in [0.15, 0.2) is 101 Å². The van der Waals surface area contributed by atoms with Crippen molar-refractivity contribution in [2.24, 2.45) is 0 Å². The Morgan fingerprint density at radius 3 is 1.79 bits per heavy atom. The molecular formula is C39H54N2S. The van der Waals surface area contributed by atoms with Crippen molar-refractivity contribution in [2.75, 3.05) is 6.54 Å². The molecule has 42 heavy (non-hydrogen) atoms. The maximum atomic E-state index is 4.02. The fourth-order valence-electron chi connectivity index (χ4n) is 5.48. The molecule has 2 nitrogen and oxygen atoms in total. The minimum absolute atomic E-state index is 0.0876. The van der Waals surface area contributed by atoms with Crippen LogP contribution in [0.25, 0.3) is 0 Å². The minimum atomic E-state index is 0.0876. The molecule has 0 amide bonds. The molecule has 3 heteroatoms. The summed E-state index contributed by atoms with van der Waals surface area (Å²) in [5, 5.41) is 3.97. The van der Waals surface area contributed by atoms with Crippen molar-refractivity contribution in [2.45, 2.75) is 109 Å².